The number of hydrogen-bond acceptors (Lipinski definition) is 12. The first kappa shape index (κ1) is 22.1. The molecule has 0 unspecified atom stereocenters. The third kappa shape index (κ3) is 3.12. The Morgan fingerprint density at radius 1 is 0.906 bits per heavy atom. The molecule has 3 aromatic rings. The highest BCUT2D eigenvalue weighted by Crippen LogP contribution is 2.60. The Bertz CT molecular complexity index is 1300. The lowest BCUT2D eigenvalue weighted by Gasteiger charge is -2.21. The van der Waals surface area contributed by atoms with Crippen LogP contribution in [0.25, 0.3) is 16.5 Å². The summed E-state index contributed by atoms with van der Waals surface area (Å²) in [7, 11) is 0. The molecule has 13 nitrogen and oxygen atoms in total. The highest BCUT2D eigenvalue weighted by atomic mass is 79.9. The van der Waals surface area contributed by atoms with Crippen molar-refractivity contribution in [3.05, 3.63) is 10.3 Å². The molecule has 1 saturated carbocycles. The number of benzene rings is 2. The molecule has 32 heavy (non-hydrogen) atoms. The lowest BCUT2D eigenvalue weighted by molar-refractivity contribution is -0.174. The molecule has 0 spiro atoms. The minimum atomic E-state index is -3.38. The molecular weight excluding hydrogens is 518 g/mol. The van der Waals surface area contributed by atoms with Gasteiger partial charge >= 0.3 is 11.1 Å². The molecule has 0 radical (unpaired) electrons. The first-order valence-corrected chi connectivity index (χ1v) is 10.3. The number of carbonyl (C=O) groups is 1. The van der Waals surface area contributed by atoms with Gasteiger partial charge in [0.1, 0.15) is 5.69 Å². The van der Waals surface area contributed by atoms with Crippen LogP contribution in [0.2, 0.25) is 0 Å². The first-order chi connectivity index (χ1) is 14.9. The average molecular weight is 532 g/mol. The van der Waals surface area contributed by atoms with Crippen LogP contribution >= 0.6 is 27.7 Å². The van der Waals surface area contributed by atoms with Gasteiger partial charge in [-0.2, -0.15) is 0 Å². The molecule has 1 aliphatic carbocycles. The quantitative estimate of drug-likeness (QED) is 0.0972. The molecule has 15 heteroatoms. The lowest BCUT2D eigenvalue weighted by atomic mass is 9.95. The SMILES string of the molecule is O=C(O)C(O)(O)Sc1nnc(Br)n1-c1c(O)c(O)c(C2CC2)c2c(O)c(O)c(O)c(O)c12. The fraction of sp³-hybridized carbons (Fsp3) is 0.235. The molecule has 0 atom stereocenters. The van der Waals surface area contributed by atoms with Gasteiger partial charge in [-0.05, 0) is 46.5 Å². The van der Waals surface area contributed by atoms with E-state index in [0.717, 1.165) is 4.57 Å². The molecule has 1 heterocycles. The third-order valence-corrected chi connectivity index (χ3v) is 6.34. The van der Waals surface area contributed by atoms with Crippen LogP contribution in [0.3, 0.4) is 0 Å². The summed E-state index contributed by atoms with van der Waals surface area (Å²) < 4.78 is 0.557. The van der Waals surface area contributed by atoms with Crippen LogP contribution < -0.4 is 0 Å². The zero-order valence-corrected chi connectivity index (χ0v) is 18.0. The van der Waals surface area contributed by atoms with E-state index < -0.39 is 61.8 Å². The van der Waals surface area contributed by atoms with Crippen molar-refractivity contribution < 1.29 is 50.8 Å². The standard InChI is InChI=1S/C17H14BrN3O10S/c18-15-19-20-16(32-17(30,31)14(28)29)21(15)7-6-5(9(23)12(26)13(27)10(6)24)4(3-1-2-3)8(22)11(7)25/h3,22-27,30-31H,1-2H2,(H,28,29). The van der Waals surface area contributed by atoms with E-state index in [9.17, 15) is 45.6 Å². The largest absolute Gasteiger partial charge is 0.504 e. The molecule has 1 aromatic heterocycles. The maximum Gasteiger partial charge on any atom is 0.376 e. The van der Waals surface area contributed by atoms with E-state index in [0.29, 0.717) is 12.8 Å². The fourth-order valence-corrected chi connectivity index (χ4v) is 4.57. The van der Waals surface area contributed by atoms with Gasteiger partial charge in [-0.3, -0.25) is 4.57 Å². The number of rotatable bonds is 5. The van der Waals surface area contributed by atoms with Crippen molar-refractivity contribution in [2.75, 3.05) is 0 Å². The van der Waals surface area contributed by atoms with E-state index >= 15 is 0 Å². The minimum Gasteiger partial charge on any atom is -0.504 e. The summed E-state index contributed by atoms with van der Waals surface area (Å²) in [6, 6.07) is 0. The normalized spacial score (nSPS) is 14.2. The molecule has 170 valence electrons. The summed E-state index contributed by atoms with van der Waals surface area (Å²) in [5, 5.41) is 93.8. The Morgan fingerprint density at radius 3 is 2.00 bits per heavy atom. The second-order valence-corrected chi connectivity index (χ2v) is 8.83. The number of thioether (sulfide) groups is 1. The number of fused-ring (bicyclic) bond motifs is 1. The van der Waals surface area contributed by atoms with E-state index in [-0.39, 0.29) is 33.4 Å². The predicted octanol–water partition coefficient (Wildman–Crippen LogP) is 1.11. The topological polar surface area (TPSA) is 230 Å². The van der Waals surface area contributed by atoms with Crippen molar-refractivity contribution in [1.82, 2.24) is 14.8 Å². The molecule has 4 rings (SSSR count). The van der Waals surface area contributed by atoms with E-state index in [1.165, 1.54) is 0 Å². The van der Waals surface area contributed by atoms with Crippen LogP contribution in [0, 0.1) is 0 Å². The molecule has 9 N–H and O–H groups in total. The van der Waals surface area contributed by atoms with Crippen LogP contribution in [0.1, 0.15) is 24.3 Å². The highest BCUT2D eigenvalue weighted by Gasteiger charge is 2.40. The number of phenols is 6. The number of nitrogens with zero attached hydrogens (tertiary/aromatic N) is 3. The summed E-state index contributed by atoms with van der Waals surface area (Å²) in [5.41, 5.74) is -0.544. The van der Waals surface area contributed by atoms with Crippen LogP contribution in [0.5, 0.6) is 34.5 Å². The number of aromatic hydroxyl groups is 6. The van der Waals surface area contributed by atoms with Gasteiger partial charge in [0.2, 0.25) is 21.4 Å². The van der Waals surface area contributed by atoms with Crippen molar-refractivity contribution in [3.63, 3.8) is 0 Å². The second-order valence-electron chi connectivity index (χ2n) is 6.98. The molecule has 0 bridgehead atoms. The zero-order chi connectivity index (χ0) is 23.7. The van der Waals surface area contributed by atoms with Gasteiger partial charge in [-0.1, -0.05) is 0 Å². The number of phenolic OH excluding ortho intramolecular Hbond substituents is 6. The molecule has 1 fully saturated rings. The third-order valence-electron chi connectivity index (χ3n) is 4.92. The average Bonchev–Trinajstić information content (AvgIpc) is 3.50. The molecule has 0 aliphatic heterocycles. The number of hydrogen-bond donors (Lipinski definition) is 9. The smallest absolute Gasteiger partial charge is 0.376 e. The van der Waals surface area contributed by atoms with Crippen molar-refractivity contribution in [1.29, 1.82) is 0 Å². The van der Waals surface area contributed by atoms with Gasteiger partial charge in [0, 0.05) is 10.9 Å². The molecule has 2 aromatic carbocycles. The van der Waals surface area contributed by atoms with E-state index in [1.54, 1.807) is 0 Å². The van der Waals surface area contributed by atoms with Gasteiger partial charge in [-0.25, -0.2) is 4.79 Å². The number of aromatic nitrogens is 3. The summed E-state index contributed by atoms with van der Waals surface area (Å²) in [4.78, 5) is 11.1. The van der Waals surface area contributed by atoms with Crippen molar-refractivity contribution in [3.8, 4) is 40.2 Å². The van der Waals surface area contributed by atoms with E-state index in [2.05, 4.69) is 26.1 Å². The van der Waals surface area contributed by atoms with Crippen LogP contribution in [-0.4, -0.2) is 71.8 Å². The van der Waals surface area contributed by atoms with Crippen LogP contribution in [-0.2, 0) is 4.79 Å². The molecule has 1 aliphatic rings. The Hall–Kier alpha value is -3.14. The van der Waals surface area contributed by atoms with Gasteiger partial charge in [0.25, 0.3) is 0 Å². The number of carboxylic acid groups (broad SMARTS) is 1. The maximum atomic E-state index is 11.1. The number of carboxylic acids is 1. The number of halogens is 1. The van der Waals surface area contributed by atoms with E-state index in [4.69, 9.17) is 5.11 Å². The minimum absolute atomic E-state index is 0.00643. The Kier molecular flexibility index (Phi) is 4.96. The molecule has 0 saturated heterocycles. The Balaban J connectivity index is 2.15. The summed E-state index contributed by atoms with van der Waals surface area (Å²) in [6.45, 7) is 0. The summed E-state index contributed by atoms with van der Waals surface area (Å²) >= 11 is 2.88. The first-order valence-electron chi connectivity index (χ1n) is 8.74. The predicted molar refractivity (Wildman–Crippen MR) is 109 cm³/mol. The lowest BCUT2D eigenvalue weighted by Crippen LogP contribution is -2.34. The van der Waals surface area contributed by atoms with Crippen molar-refractivity contribution in [2.24, 2.45) is 0 Å². The Morgan fingerprint density at radius 2 is 1.47 bits per heavy atom. The fourth-order valence-electron chi connectivity index (χ4n) is 3.33. The van der Waals surface area contributed by atoms with Gasteiger partial charge in [0.15, 0.2) is 23.0 Å². The molecular formula is C17H14BrN3O10S. The van der Waals surface area contributed by atoms with Gasteiger partial charge < -0.3 is 46.0 Å². The van der Waals surface area contributed by atoms with Crippen molar-refractivity contribution in [2.45, 2.75) is 29.0 Å². The Labute approximate surface area is 189 Å². The van der Waals surface area contributed by atoms with Crippen LogP contribution in [0.15, 0.2) is 9.89 Å². The van der Waals surface area contributed by atoms with Crippen molar-refractivity contribution >= 4 is 44.4 Å². The second kappa shape index (κ2) is 7.19. The maximum absolute atomic E-state index is 11.1. The molecule has 0 amide bonds. The monoisotopic (exact) mass is 531 g/mol. The van der Waals surface area contributed by atoms with E-state index in [1.807, 2.05) is 0 Å². The van der Waals surface area contributed by atoms with Gasteiger partial charge in [0.05, 0.1) is 5.39 Å². The summed E-state index contributed by atoms with van der Waals surface area (Å²) in [6.07, 6.45) is 1.13. The zero-order valence-electron chi connectivity index (χ0n) is 15.6. The number of aliphatic hydroxyl groups is 2. The van der Waals surface area contributed by atoms with Gasteiger partial charge in [-0.15, -0.1) is 10.2 Å². The summed E-state index contributed by atoms with van der Waals surface area (Å²) in [5.74, 6) is -8.06. The number of aliphatic carboxylic acids is 1. The van der Waals surface area contributed by atoms with Crippen LogP contribution in [0.4, 0.5) is 0 Å². The highest BCUT2D eigenvalue weighted by molar-refractivity contribution is 9.10.